The summed E-state index contributed by atoms with van der Waals surface area (Å²) in [7, 11) is 1.29. The number of rotatable bonds is 11. The average Bonchev–Trinajstić information content (AvgIpc) is 3.29. The number of aliphatic imine (C=N–C) groups is 1. The number of methoxy groups -OCH3 is 1. The highest BCUT2D eigenvalue weighted by atomic mass is 19.4. The van der Waals surface area contributed by atoms with Crippen LogP contribution in [0.4, 0.5) is 24.9 Å². The first kappa shape index (κ1) is 31.0. The van der Waals surface area contributed by atoms with Crippen LogP contribution in [0, 0.1) is 11.8 Å². The Labute approximate surface area is 248 Å². The lowest BCUT2D eigenvalue weighted by molar-refractivity contribution is -0.137. The summed E-state index contributed by atoms with van der Waals surface area (Å²) in [5.41, 5.74) is 7.08. The van der Waals surface area contributed by atoms with E-state index in [-0.39, 0.29) is 24.2 Å². The van der Waals surface area contributed by atoms with Gasteiger partial charge in [-0.25, -0.2) is 15.0 Å². The van der Waals surface area contributed by atoms with Gasteiger partial charge in [-0.3, -0.25) is 0 Å². The van der Waals surface area contributed by atoms with Crippen molar-refractivity contribution in [2.75, 3.05) is 43.6 Å². The fourth-order valence-corrected chi connectivity index (χ4v) is 5.44. The van der Waals surface area contributed by atoms with Crippen LogP contribution in [0.1, 0.15) is 56.5 Å². The van der Waals surface area contributed by atoms with Gasteiger partial charge in [0.1, 0.15) is 5.52 Å². The molecule has 1 saturated carbocycles. The molecule has 3 heterocycles. The van der Waals surface area contributed by atoms with Crippen molar-refractivity contribution in [2.45, 2.75) is 64.7 Å². The molecular formula is C29H39F3N8O3. The lowest BCUT2D eigenvalue weighted by atomic mass is 9.85. The van der Waals surface area contributed by atoms with Gasteiger partial charge in [0.25, 0.3) is 6.41 Å². The standard InChI is InChI=1S/C29H39F3N8O3/c1-17(2)13-21-16-43-12-11-39(21)27-38-25-22(40(27)15-19-7-9-20(10-8-19)29(30,31)32)24(34-14-18-5-4-6-18)36-26(37-25)23(33)35-28(41)42-3/h7-10,17-18,21,28,41H,4-6,11-16H2,1-3H3,(H2,33,35)(H,34,36,37). The number of hydrogen-bond acceptors (Lipinski definition) is 9. The molecule has 2 unspecified atom stereocenters. The second kappa shape index (κ2) is 13.0. The van der Waals surface area contributed by atoms with Gasteiger partial charge in [-0.1, -0.05) is 32.4 Å². The number of nitrogens with two attached hydrogens (primary N) is 1. The summed E-state index contributed by atoms with van der Waals surface area (Å²) in [6.07, 6.45) is -1.65. The quantitative estimate of drug-likeness (QED) is 0.169. The highest BCUT2D eigenvalue weighted by Gasteiger charge is 2.32. The summed E-state index contributed by atoms with van der Waals surface area (Å²) < 4.78 is 52.5. The van der Waals surface area contributed by atoms with Gasteiger partial charge in [0.05, 0.1) is 31.4 Å². The molecule has 1 saturated heterocycles. The van der Waals surface area contributed by atoms with E-state index in [1.807, 2.05) is 4.57 Å². The molecule has 14 heteroatoms. The molecule has 2 fully saturated rings. The first-order valence-electron chi connectivity index (χ1n) is 14.6. The zero-order chi connectivity index (χ0) is 30.7. The van der Waals surface area contributed by atoms with Crippen LogP contribution in [0.2, 0.25) is 0 Å². The molecule has 2 aromatic heterocycles. The van der Waals surface area contributed by atoms with Crippen LogP contribution in [0.5, 0.6) is 0 Å². The number of nitrogens with one attached hydrogen (secondary N) is 1. The number of benzene rings is 1. The van der Waals surface area contributed by atoms with Crippen LogP contribution in [0.25, 0.3) is 11.2 Å². The number of aliphatic hydroxyl groups excluding tert-OH is 1. The molecule has 2 atom stereocenters. The van der Waals surface area contributed by atoms with E-state index in [4.69, 9.17) is 25.2 Å². The van der Waals surface area contributed by atoms with Crippen LogP contribution >= 0.6 is 0 Å². The van der Waals surface area contributed by atoms with E-state index in [9.17, 15) is 18.3 Å². The highest BCUT2D eigenvalue weighted by Crippen LogP contribution is 2.34. The second-order valence-corrected chi connectivity index (χ2v) is 11.6. The van der Waals surface area contributed by atoms with Gasteiger partial charge in [0, 0.05) is 20.2 Å². The van der Waals surface area contributed by atoms with E-state index in [0.717, 1.165) is 31.4 Å². The molecule has 4 N–H and O–H groups in total. The van der Waals surface area contributed by atoms with Crippen molar-refractivity contribution in [2.24, 2.45) is 22.6 Å². The number of nitrogens with zero attached hydrogens (tertiary/aromatic N) is 6. The van der Waals surface area contributed by atoms with Crippen molar-refractivity contribution in [1.29, 1.82) is 0 Å². The fraction of sp³-hybridized carbons (Fsp3) is 0.586. The van der Waals surface area contributed by atoms with E-state index >= 15 is 0 Å². The average molecular weight is 605 g/mol. The van der Waals surface area contributed by atoms with Gasteiger partial charge >= 0.3 is 6.18 Å². The third-order valence-corrected chi connectivity index (χ3v) is 7.91. The molecule has 1 aliphatic carbocycles. The van der Waals surface area contributed by atoms with Crippen LogP contribution in [-0.2, 0) is 22.2 Å². The predicted octanol–water partition coefficient (Wildman–Crippen LogP) is 3.98. The summed E-state index contributed by atoms with van der Waals surface area (Å²) in [6.45, 7) is 6.84. The maximum Gasteiger partial charge on any atom is 0.416 e. The number of aliphatic hydroxyl groups is 1. The third-order valence-electron chi connectivity index (χ3n) is 7.91. The number of anilines is 2. The number of ether oxygens (including phenoxy) is 2. The molecule has 1 aliphatic heterocycles. The van der Waals surface area contributed by atoms with Gasteiger partial charge in [0.15, 0.2) is 23.1 Å². The number of morpholine rings is 1. The Bertz CT molecular complexity index is 1420. The van der Waals surface area contributed by atoms with Crippen LogP contribution in [0.3, 0.4) is 0 Å². The summed E-state index contributed by atoms with van der Waals surface area (Å²) in [4.78, 5) is 20.4. The van der Waals surface area contributed by atoms with Gasteiger partial charge in [0.2, 0.25) is 5.95 Å². The van der Waals surface area contributed by atoms with Gasteiger partial charge < -0.3 is 35.1 Å². The van der Waals surface area contributed by atoms with E-state index in [0.29, 0.717) is 66.6 Å². The number of fused-ring (bicyclic) bond motifs is 1. The van der Waals surface area contributed by atoms with E-state index in [2.05, 4.69) is 34.0 Å². The molecule has 2 aliphatic rings. The lowest BCUT2D eigenvalue weighted by Gasteiger charge is -2.37. The summed E-state index contributed by atoms with van der Waals surface area (Å²) in [6, 6.07) is 5.19. The maximum atomic E-state index is 13.3. The number of alkyl halides is 3. The van der Waals surface area contributed by atoms with Gasteiger partial charge in [-0.05, 0) is 48.8 Å². The van der Waals surface area contributed by atoms with Crippen LogP contribution < -0.4 is 16.0 Å². The fourth-order valence-electron chi connectivity index (χ4n) is 5.44. The molecule has 234 valence electrons. The molecule has 5 rings (SSSR count). The molecule has 0 bridgehead atoms. The van der Waals surface area contributed by atoms with Crippen molar-refractivity contribution in [3.8, 4) is 0 Å². The van der Waals surface area contributed by atoms with Crippen molar-refractivity contribution in [1.82, 2.24) is 19.5 Å². The summed E-state index contributed by atoms with van der Waals surface area (Å²) >= 11 is 0. The summed E-state index contributed by atoms with van der Waals surface area (Å²) in [5, 5.41) is 13.3. The molecule has 0 amide bonds. The zero-order valence-corrected chi connectivity index (χ0v) is 24.6. The normalized spacial score (nSPS) is 19.2. The summed E-state index contributed by atoms with van der Waals surface area (Å²) in [5.74, 6) is 1.95. The molecular weight excluding hydrogens is 565 g/mol. The first-order valence-corrected chi connectivity index (χ1v) is 14.6. The Morgan fingerprint density at radius 1 is 1.21 bits per heavy atom. The molecule has 0 spiro atoms. The van der Waals surface area contributed by atoms with Gasteiger partial charge in [-0.2, -0.15) is 18.2 Å². The first-order chi connectivity index (χ1) is 20.5. The third kappa shape index (κ3) is 7.19. The SMILES string of the molecule is COC(O)N=C(N)c1nc(NCC2CCC2)c2c(n1)nc(N1CCOCC1CC(C)C)n2Cc1ccc(C(F)(F)F)cc1. The number of hydrogen-bond donors (Lipinski definition) is 3. The maximum absolute atomic E-state index is 13.3. The Morgan fingerprint density at radius 3 is 2.58 bits per heavy atom. The van der Waals surface area contributed by atoms with E-state index < -0.39 is 18.2 Å². The molecule has 11 nitrogen and oxygen atoms in total. The van der Waals surface area contributed by atoms with E-state index in [1.54, 1.807) is 0 Å². The molecule has 43 heavy (non-hydrogen) atoms. The monoisotopic (exact) mass is 604 g/mol. The van der Waals surface area contributed by atoms with Crippen molar-refractivity contribution >= 4 is 28.8 Å². The minimum Gasteiger partial charge on any atom is -0.381 e. The van der Waals surface area contributed by atoms with E-state index in [1.165, 1.54) is 25.7 Å². The zero-order valence-electron chi connectivity index (χ0n) is 24.6. The largest absolute Gasteiger partial charge is 0.416 e. The Morgan fingerprint density at radius 2 is 1.95 bits per heavy atom. The molecule has 1 aromatic carbocycles. The van der Waals surface area contributed by atoms with Crippen molar-refractivity contribution in [3.05, 3.63) is 41.2 Å². The number of imidazole rings is 1. The minimum atomic E-state index is -4.43. The molecule has 3 aromatic rings. The second-order valence-electron chi connectivity index (χ2n) is 11.6. The van der Waals surface area contributed by atoms with Crippen LogP contribution in [-0.4, -0.2) is 76.3 Å². The van der Waals surface area contributed by atoms with Crippen molar-refractivity contribution < 1.29 is 27.8 Å². The Kier molecular flexibility index (Phi) is 9.37. The number of halogens is 3. The lowest BCUT2D eigenvalue weighted by Crippen LogP contribution is -2.47. The molecule has 0 radical (unpaired) electrons. The number of amidine groups is 1. The topological polar surface area (TPSA) is 136 Å². The number of aromatic nitrogens is 4. The minimum absolute atomic E-state index is 0.0409. The van der Waals surface area contributed by atoms with Gasteiger partial charge in [-0.15, -0.1) is 0 Å². The highest BCUT2D eigenvalue weighted by molar-refractivity contribution is 5.97. The Hall–Kier alpha value is -3.49. The van der Waals surface area contributed by atoms with Crippen molar-refractivity contribution in [3.63, 3.8) is 0 Å². The predicted molar refractivity (Wildman–Crippen MR) is 157 cm³/mol. The van der Waals surface area contributed by atoms with Crippen LogP contribution in [0.15, 0.2) is 29.3 Å². The Balaban J connectivity index is 1.65. The smallest absolute Gasteiger partial charge is 0.381 e.